The van der Waals surface area contributed by atoms with Crippen molar-refractivity contribution in [1.82, 2.24) is 5.32 Å². The molecule has 0 spiro atoms. The summed E-state index contributed by atoms with van der Waals surface area (Å²) in [6, 6.07) is 14.0. The summed E-state index contributed by atoms with van der Waals surface area (Å²) in [5, 5.41) is 3.17. The van der Waals surface area contributed by atoms with E-state index in [-0.39, 0.29) is 0 Å². The molecule has 2 aromatic rings. The van der Waals surface area contributed by atoms with Crippen LogP contribution in [0.15, 0.2) is 47.5 Å². The molecule has 6 nitrogen and oxygen atoms in total. The Kier molecular flexibility index (Phi) is 8.46. The van der Waals surface area contributed by atoms with Crippen molar-refractivity contribution in [2.45, 2.75) is 19.8 Å². The molecule has 0 aliphatic carbocycles. The summed E-state index contributed by atoms with van der Waals surface area (Å²) in [5.74, 6) is 3.21. The van der Waals surface area contributed by atoms with Crippen molar-refractivity contribution in [1.29, 1.82) is 0 Å². The monoisotopic (exact) mass is 385 g/mol. The van der Waals surface area contributed by atoms with Crippen LogP contribution in [0.2, 0.25) is 0 Å². The van der Waals surface area contributed by atoms with Crippen molar-refractivity contribution >= 4 is 5.96 Å². The van der Waals surface area contributed by atoms with Crippen LogP contribution in [-0.2, 0) is 12.8 Å². The number of benzene rings is 2. The molecule has 6 heteroatoms. The highest BCUT2D eigenvalue weighted by Gasteiger charge is 2.06. The summed E-state index contributed by atoms with van der Waals surface area (Å²) in [4.78, 5) is 4.46. The van der Waals surface area contributed by atoms with Crippen LogP contribution in [0.1, 0.15) is 18.1 Å². The number of rotatable bonds is 10. The fourth-order valence-electron chi connectivity index (χ4n) is 2.91. The summed E-state index contributed by atoms with van der Waals surface area (Å²) in [6.07, 6.45) is 1.77. The molecule has 0 fully saturated rings. The van der Waals surface area contributed by atoms with Gasteiger partial charge in [0.15, 0.2) is 17.5 Å². The summed E-state index contributed by atoms with van der Waals surface area (Å²) in [5.41, 5.74) is 8.41. The Labute approximate surface area is 167 Å². The lowest BCUT2D eigenvalue weighted by molar-refractivity contribution is 0.354. The van der Waals surface area contributed by atoms with E-state index >= 15 is 0 Å². The zero-order chi connectivity index (χ0) is 20.4. The molecule has 28 heavy (non-hydrogen) atoms. The molecule has 0 saturated carbocycles. The van der Waals surface area contributed by atoms with Gasteiger partial charge in [-0.3, -0.25) is 4.99 Å². The number of nitrogens with zero attached hydrogens (tertiary/aromatic N) is 1. The third-order valence-electron chi connectivity index (χ3n) is 4.48. The molecular formula is C22H31N3O3. The van der Waals surface area contributed by atoms with Crippen LogP contribution in [0, 0.1) is 5.92 Å². The zero-order valence-corrected chi connectivity index (χ0v) is 17.2. The lowest BCUT2D eigenvalue weighted by Crippen LogP contribution is -2.33. The second kappa shape index (κ2) is 11.1. The molecule has 0 heterocycles. The summed E-state index contributed by atoms with van der Waals surface area (Å²) in [6.45, 7) is 3.56. The minimum atomic E-state index is 0.402. The highest BCUT2D eigenvalue weighted by Crippen LogP contribution is 2.27. The molecule has 1 unspecified atom stereocenters. The molecule has 0 amide bonds. The fraction of sp³-hybridized carbons (Fsp3) is 0.409. The molecule has 3 N–H and O–H groups in total. The van der Waals surface area contributed by atoms with Crippen molar-refractivity contribution in [3.63, 3.8) is 0 Å². The Morgan fingerprint density at radius 2 is 1.64 bits per heavy atom. The van der Waals surface area contributed by atoms with Crippen LogP contribution in [0.4, 0.5) is 0 Å². The number of hydrogen-bond acceptors (Lipinski definition) is 4. The fourth-order valence-corrected chi connectivity index (χ4v) is 2.91. The van der Waals surface area contributed by atoms with E-state index in [1.165, 1.54) is 5.56 Å². The Morgan fingerprint density at radius 3 is 2.29 bits per heavy atom. The predicted octanol–water partition coefficient (Wildman–Crippen LogP) is 3.04. The van der Waals surface area contributed by atoms with Crippen LogP contribution in [0.3, 0.4) is 0 Å². The highest BCUT2D eigenvalue weighted by molar-refractivity contribution is 5.77. The van der Waals surface area contributed by atoms with E-state index in [2.05, 4.69) is 29.4 Å². The van der Waals surface area contributed by atoms with E-state index < -0.39 is 0 Å². The van der Waals surface area contributed by atoms with Crippen molar-refractivity contribution in [2.24, 2.45) is 16.6 Å². The number of ether oxygens (including phenoxy) is 3. The molecule has 0 aliphatic rings. The van der Waals surface area contributed by atoms with Gasteiger partial charge in [-0.15, -0.1) is 0 Å². The molecule has 0 bridgehead atoms. The van der Waals surface area contributed by atoms with Gasteiger partial charge in [0.1, 0.15) is 5.75 Å². The third-order valence-corrected chi connectivity index (χ3v) is 4.48. The quantitative estimate of drug-likeness (QED) is 0.485. The molecule has 152 valence electrons. The minimum absolute atomic E-state index is 0.402. The molecule has 0 aromatic heterocycles. The lowest BCUT2D eigenvalue weighted by Gasteiger charge is -2.12. The van der Waals surface area contributed by atoms with Crippen LogP contribution in [-0.4, -0.2) is 40.4 Å². The highest BCUT2D eigenvalue weighted by atomic mass is 16.5. The van der Waals surface area contributed by atoms with Crippen molar-refractivity contribution < 1.29 is 14.2 Å². The number of nitrogens with two attached hydrogens (primary N) is 1. The third kappa shape index (κ3) is 6.68. The molecule has 2 aromatic carbocycles. The molecule has 0 radical (unpaired) electrons. The minimum Gasteiger partial charge on any atom is -0.497 e. The predicted molar refractivity (Wildman–Crippen MR) is 114 cm³/mol. The molecule has 1 atom stereocenters. The van der Waals surface area contributed by atoms with Gasteiger partial charge in [0.2, 0.25) is 0 Å². The molecule has 2 rings (SSSR count). The van der Waals surface area contributed by atoms with Crippen molar-refractivity contribution in [3.05, 3.63) is 53.6 Å². The van der Waals surface area contributed by atoms with Gasteiger partial charge in [-0.25, -0.2) is 0 Å². The largest absolute Gasteiger partial charge is 0.497 e. The Hall–Kier alpha value is -2.89. The van der Waals surface area contributed by atoms with E-state index in [9.17, 15) is 0 Å². The first-order chi connectivity index (χ1) is 13.5. The zero-order valence-electron chi connectivity index (χ0n) is 17.2. The van der Waals surface area contributed by atoms with Crippen LogP contribution >= 0.6 is 0 Å². The Morgan fingerprint density at radius 1 is 0.964 bits per heavy atom. The van der Waals surface area contributed by atoms with E-state index in [0.717, 1.165) is 35.7 Å². The maximum absolute atomic E-state index is 6.00. The first-order valence-corrected chi connectivity index (χ1v) is 9.43. The van der Waals surface area contributed by atoms with Gasteiger partial charge >= 0.3 is 0 Å². The van der Waals surface area contributed by atoms with Crippen molar-refractivity contribution in [2.75, 3.05) is 34.4 Å². The van der Waals surface area contributed by atoms with Gasteiger partial charge < -0.3 is 25.3 Å². The number of hydrogen-bond donors (Lipinski definition) is 2. The maximum Gasteiger partial charge on any atom is 0.188 e. The van der Waals surface area contributed by atoms with Crippen LogP contribution in [0.25, 0.3) is 0 Å². The van der Waals surface area contributed by atoms with Gasteiger partial charge in [-0.2, -0.15) is 0 Å². The Bertz CT molecular complexity index is 760. The molecule has 0 aliphatic heterocycles. The number of guanidine groups is 1. The average molecular weight is 386 g/mol. The number of aliphatic imine (C=N–C) groups is 1. The number of nitrogens with one attached hydrogen (secondary N) is 1. The second-order valence-electron chi connectivity index (χ2n) is 6.75. The topological polar surface area (TPSA) is 78.1 Å². The first kappa shape index (κ1) is 21.4. The van der Waals surface area contributed by atoms with Crippen molar-refractivity contribution in [3.8, 4) is 17.2 Å². The van der Waals surface area contributed by atoms with Gasteiger partial charge in [0.05, 0.1) is 21.3 Å². The summed E-state index contributed by atoms with van der Waals surface area (Å²) < 4.78 is 15.8. The van der Waals surface area contributed by atoms with Gasteiger partial charge in [-0.1, -0.05) is 25.1 Å². The molecule has 0 saturated heterocycles. The second-order valence-corrected chi connectivity index (χ2v) is 6.75. The van der Waals surface area contributed by atoms with E-state index in [1.807, 2.05) is 30.3 Å². The van der Waals surface area contributed by atoms with E-state index in [0.29, 0.717) is 25.0 Å². The van der Waals surface area contributed by atoms with E-state index in [4.69, 9.17) is 19.9 Å². The summed E-state index contributed by atoms with van der Waals surface area (Å²) in [7, 11) is 4.94. The van der Waals surface area contributed by atoms with Crippen LogP contribution in [0.5, 0.6) is 17.2 Å². The van der Waals surface area contributed by atoms with Gasteiger partial charge in [0.25, 0.3) is 0 Å². The first-order valence-electron chi connectivity index (χ1n) is 9.43. The van der Waals surface area contributed by atoms with Crippen LogP contribution < -0.4 is 25.3 Å². The lowest BCUT2D eigenvalue weighted by atomic mass is 10.0. The average Bonchev–Trinajstić information content (AvgIpc) is 2.72. The maximum atomic E-state index is 6.00. The summed E-state index contributed by atoms with van der Waals surface area (Å²) >= 11 is 0. The standard InChI is InChI=1S/C22H31N3O3/c1-16(13-17-5-8-19(26-2)9-6-17)15-25-22(23)24-12-11-18-7-10-20(27-3)21(14-18)28-4/h5-10,14,16H,11-13,15H2,1-4H3,(H3,23,24,25). The van der Waals surface area contributed by atoms with E-state index in [1.54, 1.807) is 21.3 Å². The molecular weight excluding hydrogens is 354 g/mol. The number of methoxy groups -OCH3 is 3. The Balaban J connectivity index is 1.76. The normalized spacial score (nSPS) is 12.4. The van der Waals surface area contributed by atoms with Gasteiger partial charge in [-0.05, 0) is 54.2 Å². The van der Waals surface area contributed by atoms with Gasteiger partial charge in [0, 0.05) is 13.1 Å². The SMILES string of the molecule is COc1ccc(CC(C)CN=C(N)NCCc2ccc(OC)c(OC)c2)cc1. The smallest absolute Gasteiger partial charge is 0.188 e.